The third kappa shape index (κ3) is 2.43. The minimum atomic E-state index is 0.549. The normalized spacial score (nSPS) is 9.53. The van der Waals surface area contributed by atoms with Crippen molar-refractivity contribution in [2.45, 2.75) is 27.2 Å². The molecule has 0 radical (unpaired) electrons. The van der Waals surface area contributed by atoms with Gasteiger partial charge in [0.25, 0.3) is 0 Å². The Kier molecular flexibility index (Phi) is 4.03. The average molecular weight is 203 g/mol. The molecule has 15 heavy (non-hydrogen) atoms. The highest BCUT2D eigenvalue weighted by Gasteiger charge is 1.99. The summed E-state index contributed by atoms with van der Waals surface area (Å²) in [6.07, 6.45) is 2.51. The fourth-order valence-electron chi connectivity index (χ4n) is 1.34. The molecule has 1 aromatic carbocycles. The van der Waals surface area contributed by atoms with Crippen molar-refractivity contribution < 1.29 is 0 Å². The van der Waals surface area contributed by atoms with Gasteiger partial charge >= 0.3 is 0 Å². The lowest BCUT2D eigenvalue weighted by molar-refractivity contribution is 1.14. The molecule has 2 aromatic rings. The number of hydrogen-bond donors (Lipinski definition) is 1. The van der Waals surface area contributed by atoms with Crippen molar-refractivity contribution in [1.82, 2.24) is 9.97 Å². The summed E-state index contributed by atoms with van der Waals surface area (Å²) in [7, 11) is 0. The van der Waals surface area contributed by atoms with E-state index in [9.17, 15) is 0 Å². The lowest BCUT2D eigenvalue weighted by Crippen LogP contribution is -1.93. The monoisotopic (exact) mass is 203 g/mol. The molecule has 0 aliphatic carbocycles. The molecule has 0 saturated carbocycles. The number of benzene rings is 1. The van der Waals surface area contributed by atoms with Gasteiger partial charge in [-0.1, -0.05) is 26.8 Å². The van der Waals surface area contributed by atoms with Crippen molar-refractivity contribution in [1.29, 1.82) is 0 Å². The summed E-state index contributed by atoms with van der Waals surface area (Å²) in [5, 5.41) is 0.930. The van der Waals surface area contributed by atoms with E-state index in [0.717, 1.165) is 17.3 Å². The molecule has 0 bridgehead atoms. The highest BCUT2D eigenvalue weighted by molar-refractivity contribution is 5.87. The Morgan fingerprint density at radius 3 is 2.60 bits per heavy atom. The summed E-state index contributed by atoms with van der Waals surface area (Å²) in [5.74, 6) is 0.549. The first-order chi connectivity index (χ1) is 7.31. The zero-order chi connectivity index (χ0) is 11.3. The van der Waals surface area contributed by atoms with Gasteiger partial charge in [0.05, 0.1) is 5.52 Å². The van der Waals surface area contributed by atoms with Crippen molar-refractivity contribution in [3.63, 3.8) is 0 Å². The van der Waals surface area contributed by atoms with Gasteiger partial charge in [0, 0.05) is 5.39 Å². The molecule has 0 saturated heterocycles. The van der Waals surface area contributed by atoms with Crippen LogP contribution in [0.5, 0.6) is 0 Å². The summed E-state index contributed by atoms with van der Waals surface area (Å²) >= 11 is 0. The van der Waals surface area contributed by atoms with Crippen LogP contribution < -0.4 is 5.73 Å². The molecule has 1 aromatic heterocycles. The van der Waals surface area contributed by atoms with Crippen LogP contribution in [0, 0.1) is 0 Å². The Hall–Kier alpha value is -1.64. The average Bonchev–Trinajstić information content (AvgIpc) is 2.31. The van der Waals surface area contributed by atoms with Crippen LogP contribution in [-0.4, -0.2) is 9.97 Å². The molecule has 2 N–H and O–H groups in total. The van der Waals surface area contributed by atoms with E-state index in [1.165, 1.54) is 11.9 Å². The summed E-state index contributed by atoms with van der Waals surface area (Å²) in [5.41, 5.74) is 7.89. The molecule has 3 nitrogen and oxygen atoms in total. The zero-order valence-corrected chi connectivity index (χ0v) is 9.49. The van der Waals surface area contributed by atoms with Gasteiger partial charge in [-0.05, 0) is 24.1 Å². The fourth-order valence-corrected chi connectivity index (χ4v) is 1.34. The van der Waals surface area contributed by atoms with E-state index in [2.05, 4.69) is 23.0 Å². The van der Waals surface area contributed by atoms with E-state index in [-0.39, 0.29) is 0 Å². The Morgan fingerprint density at radius 1 is 1.20 bits per heavy atom. The fraction of sp³-hybridized carbons (Fsp3) is 0.333. The van der Waals surface area contributed by atoms with Crippen LogP contribution in [0.1, 0.15) is 26.3 Å². The molecule has 0 atom stereocenters. The van der Waals surface area contributed by atoms with Crippen LogP contribution in [0.25, 0.3) is 10.9 Å². The van der Waals surface area contributed by atoms with E-state index in [4.69, 9.17) is 5.73 Å². The molecule has 2 rings (SSSR count). The van der Waals surface area contributed by atoms with Crippen LogP contribution in [0.2, 0.25) is 0 Å². The smallest absolute Gasteiger partial charge is 0.134 e. The summed E-state index contributed by atoms with van der Waals surface area (Å²) in [6.45, 7) is 6.12. The van der Waals surface area contributed by atoms with Gasteiger partial charge in [0.15, 0.2) is 0 Å². The third-order valence-corrected chi connectivity index (χ3v) is 2.14. The topological polar surface area (TPSA) is 51.8 Å². The molecule has 0 aliphatic heterocycles. The summed E-state index contributed by atoms with van der Waals surface area (Å²) < 4.78 is 0. The number of nitrogen functional groups attached to an aromatic ring is 1. The van der Waals surface area contributed by atoms with Crippen molar-refractivity contribution in [2.24, 2.45) is 0 Å². The predicted molar refractivity (Wildman–Crippen MR) is 64.7 cm³/mol. The quantitative estimate of drug-likeness (QED) is 0.775. The number of hydrogen-bond acceptors (Lipinski definition) is 3. The first-order valence-electron chi connectivity index (χ1n) is 5.30. The number of aryl methyl sites for hydroxylation is 1. The second-order valence-corrected chi connectivity index (χ2v) is 2.96. The van der Waals surface area contributed by atoms with Crippen LogP contribution in [0.3, 0.4) is 0 Å². The predicted octanol–water partition coefficient (Wildman–Crippen LogP) is 2.80. The number of anilines is 1. The van der Waals surface area contributed by atoms with Gasteiger partial charge < -0.3 is 5.73 Å². The van der Waals surface area contributed by atoms with Gasteiger partial charge in [0.2, 0.25) is 0 Å². The van der Waals surface area contributed by atoms with Crippen LogP contribution in [0.4, 0.5) is 5.82 Å². The minimum absolute atomic E-state index is 0.549. The van der Waals surface area contributed by atoms with Gasteiger partial charge in [-0.2, -0.15) is 0 Å². The highest BCUT2D eigenvalue weighted by Crippen LogP contribution is 2.17. The van der Waals surface area contributed by atoms with E-state index in [1.807, 2.05) is 26.0 Å². The van der Waals surface area contributed by atoms with Gasteiger partial charge in [-0.3, -0.25) is 0 Å². The Bertz CT molecular complexity index is 438. The molecular weight excluding hydrogens is 186 g/mol. The summed E-state index contributed by atoms with van der Waals surface area (Å²) in [4.78, 5) is 8.09. The van der Waals surface area contributed by atoms with Crippen molar-refractivity contribution in [3.8, 4) is 0 Å². The molecular formula is C12H17N3. The number of aromatic nitrogens is 2. The number of nitrogens with two attached hydrogens (primary N) is 1. The Labute approximate surface area is 90.4 Å². The van der Waals surface area contributed by atoms with E-state index >= 15 is 0 Å². The lowest BCUT2D eigenvalue weighted by Gasteiger charge is -2.01. The molecule has 0 spiro atoms. The second-order valence-electron chi connectivity index (χ2n) is 2.96. The van der Waals surface area contributed by atoms with E-state index in [0.29, 0.717) is 5.82 Å². The largest absolute Gasteiger partial charge is 0.383 e. The maximum absolute atomic E-state index is 5.70. The molecule has 0 amide bonds. The zero-order valence-electron chi connectivity index (χ0n) is 9.49. The first-order valence-corrected chi connectivity index (χ1v) is 5.30. The van der Waals surface area contributed by atoms with Gasteiger partial charge in [-0.15, -0.1) is 0 Å². The van der Waals surface area contributed by atoms with E-state index < -0.39 is 0 Å². The van der Waals surface area contributed by atoms with Crippen LogP contribution in [0.15, 0.2) is 24.5 Å². The minimum Gasteiger partial charge on any atom is -0.383 e. The van der Waals surface area contributed by atoms with E-state index in [1.54, 1.807) is 0 Å². The molecule has 0 fully saturated rings. The SMILES string of the molecule is CC.CCc1ccc2c(N)ncnc2c1. The van der Waals surface area contributed by atoms with Crippen LogP contribution in [-0.2, 0) is 6.42 Å². The molecule has 0 aliphatic rings. The lowest BCUT2D eigenvalue weighted by atomic mass is 10.1. The second kappa shape index (κ2) is 5.29. The first kappa shape index (κ1) is 11.4. The summed E-state index contributed by atoms with van der Waals surface area (Å²) in [6, 6.07) is 6.08. The third-order valence-electron chi connectivity index (χ3n) is 2.14. The number of nitrogens with zero attached hydrogens (tertiary/aromatic N) is 2. The molecule has 3 heteroatoms. The maximum atomic E-state index is 5.70. The van der Waals surface area contributed by atoms with Gasteiger partial charge in [0.1, 0.15) is 12.1 Å². The van der Waals surface area contributed by atoms with Crippen molar-refractivity contribution >= 4 is 16.7 Å². The molecule has 0 unspecified atom stereocenters. The van der Waals surface area contributed by atoms with Gasteiger partial charge in [-0.25, -0.2) is 9.97 Å². The van der Waals surface area contributed by atoms with Crippen molar-refractivity contribution in [3.05, 3.63) is 30.1 Å². The van der Waals surface area contributed by atoms with Crippen LogP contribution >= 0.6 is 0 Å². The molecule has 80 valence electrons. The standard InChI is InChI=1S/C10H11N3.C2H6/c1-2-7-3-4-8-9(5-7)12-6-13-10(8)11;1-2/h3-6H,2H2,1H3,(H2,11,12,13);1-2H3. The number of fused-ring (bicyclic) bond motifs is 1. The number of rotatable bonds is 1. The highest BCUT2D eigenvalue weighted by atomic mass is 14.9. The molecule has 1 heterocycles. The Morgan fingerprint density at radius 2 is 1.93 bits per heavy atom. The maximum Gasteiger partial charge on any atom is 0.134 e. The Balaban J connectivity index is 0.000000531. The van der Waals surface area contributed by atoms with Crippen molar-refractivity contribution in [2.75, 3.05) is 5.73 Å².